The molecule has 2 N–H and O–H groups in total. The first-order valence-electron chi connectivity index (χ1n) is 7.49. The largest absolute Gasteiger partial charge is 0.508 e. The van der Waals surface area contributed by atoms with E-state index in [-0.39, 0.29) is 11.7 Å². The van der Waals surface area contributed by atoms with Gasteiger partial charge in [-0.05, 0) is 43.6 Å². The lowest BCUT2D eigenvalue weighted by atomic mass is 10.1. The predicted octanol–water partition coefficient (Wildman–Crippen LogP) is 1.51. The van der Waals surface area contributed by atoms with Crippen molar-refractivity contribution in [2.75, 3.05) is 26.7 Å². The summed E-state index contributed by atoms with van der Waals surface area (Å²) < 4.78 is 5.75. The number of piperidine rings is 1. The molecule has 0 unspecified atom stereocenters. The van der Waals surface area contributed by atoms with E-state index in [1.807, 2.05) is 12.1 Å². The van der Waals surface area contributed by atoms with E-state index in [0.717, 1.165) is 31.5 Å². The molecule has 2 rings (SSSR count). The summed E-state index contributed by atoms with van der Waals surface area (Å²) in [5, 5.41) is 12.5. The topological polar surface area (TPSA) is 61.8 Å². The number of carbonyl (C=O) groups excluding carboxylic acids is 1. The standard InChI is InChI=1S/C16H24N2O3/c1-18(12-13-2-4-14(19)5-3-13)16(20)8-11-21-15-6-9-17-10-7-15/h2-5,15,17,19H,6-12H2,1H3. The zero-order valence-electron chi connectivity index (χ0n) is 12.5. The van der Waals surface area contributed by atoms with Gasteiger partial charge in [0.2, 0.25) is 5.91 Å². The molecule has 0 atom stereocenters. The number of ether oxygens (including phenoxy) is 1. The van der Waals surface area contributed by atoms with Crippen LogP contribution in [-0.2, 0) is 16.1 Å². The van der Waals surface area contributed by atoms with Crippen LogP contribution in [0.2, 0.25) is 0 Å². The minimum absolute atomic E-state index is 0.0806. The maximum atomic E-state index is 12.0. The highest BCUT2D eigenvalue weighted by atomic mass is 16.5. The molecule has 0 aliphatic carbocycles. The van der Waals surface area contributed by atoms with Crippen LogP contribution < -0.4 is 5.32 Å². The van der Waals surface area contributed by atoms with Gasteiger partial charge in [-0.2, -0.15) is 0 Å². The van der Waals surface area contributed by atoms with Crippen LogP contribution in [0.5, 0.6) is 5.75 Å². The molecule has 1 saturated heterocycles. The van der Waals surface area contributed by atoms with Crippen molar-refractivity contribution < 1.29 is 14.6 Å². The van der Waals surface area contributed by atoms with Crippen molar-refractivity contribution in [2.24, 2.45) is 0 Å². The fourth-order valence-electron chi connectivity index (χ4n) is 2.43. The number of phenols is 1. The number of nitrogens with one attached hydrogen (secondary N) is 1. The fourth-order valence-corrected chi connectivity index (χ4v) is 2.43. The fraction of sp³-hybridized carbons (Fsp3) is 0.562. The average Bonchev–Trinajstić information content (AvgIpc) is 2.50. The third-order valence-electron chi connectivity index (χ3n) is 3.74. The summed E-state index contributed by atoms with van der Waals surface area (Å²) in [7, 11) is 1.79. The molecule has 1 aliphatic rings. The van der Waals surface area contributed by atoms with Gasteiger partial charge >= 0.3 is 0 Å². The van der Waals surface area contributed by atoms with Crippen LogP contribution in [-0.4, -0.2) is 48.8 Å². The van der Waals surface area contributed by atoms with E-state index < -0.39 is 0 Å². The molecule has 0 spiro atoms. The first kappa shape index (κ1) is 15.8. The van der Waals surface area contributed by atoms with Crippen LogP contribution in [0.25, 0.3) is 0 Å². The zero-order valence-corrected chi connectivity index (χ0v) is 12.5. The van der Waals surface area contributed by atoms with Gasteiger partial charge in [0.25, 0.3) is 0 Å². The smallest absolute Gasteiger partial charge is 0.224 e. The molecule has 0 saturated carbocycles. The lowest BCUT2D eigenvalue weighted by Gasteiger charge is -2.23. The molecule has 1 aromatic carbocycles. The Morgan fingerprint density at radius 2 is 2.00 bits per heavy atom. The number of hydrogen-bond acceptors (Lipinski definition) is 4. The van der Waals surface area contributed by atoms with Crippen molar-refractivity contribution in [1.82, 2.24) is 10.2 Å². The van der Waals surface area contributed by atoms with Crippen molar-refractivity contribution in [3.8, 4) is 5.75 Å². The van der Waals surface area contributed by atoms with Gasteiger partial charge in [0.15, 0.2) is 0 Å². The molecule has 0 radical (unpaired) electrons. The molecule has 1 fully saturated rings. The molecule has 0 bridgehead atoms. The lowest BCUT2D eigenvalue weighted by molar-refractivity contribution is -0.132. The zero-order chi connectivity index (χ0) is 15.1. The number of aromatic hydroxyl groups is 1. The summed E-state index contributed by atoms with van der Waals surface area (Å²) in [6.45, 7) is 3.04. The van der Waals surface area contributed by atoms with Crippen LogP contribution in [0.1, 0.15) is 24.8 Å². The summed E-state index contributed by atoms with van der Waals surface area (Å²) in [5.41, 5.74) is 1.00. The van der Waals surface area contributed by atoms with Gasteiger partial charge in [-0.15, -0.1) is 0 Å². The van der Waals surface area contributed by atoms with Crippen LogP contribution in [0.4, 0.5) is 0 Å². The van der Waals surface area contributed by atoms with E-state index in [2.05, 4.69) is 5.32 Å². The van der Waals surface area contributed by atoms with E-state index in [0.29, 0.717) is 25.7 Å². The number of phenolic OH excluding ortho intramolecular Hbond substituents is 1. The Balaban J connectivity index is 1.68. The minimum Gasteiger partial charge on any atom is -0.508 e. The Bertz CT molecular complexity index is 441. The van der Waals surface area contributed by atoms with Crippen molar-refractivity contribution in [1.29, 1.82) is 0 Å². The number of amides is 1. The third-order valence-corrected chi connectivity index (χ3v) is 3.74. The molecule has 1 heterocycles. The average molecular weight is 292 g/mol. The summed E-state index contributed by atoms with van der Waals surface area (Å²) >= 11 is 0. The Kier molecular flexibility index (Phi) is 6.02. The Morgan fingerprint density at radius 3 is 2.67 bits per heavy atom. The van der Waals surface area contributed by atoms with Gasteiger partial charge in [-0.3, -0.25) is 4.79 Å². The van der Waals surface area contributed by atoms with E-state index in [1.165, 1.54) is 0 Å². The lowest BCUT2D eigenvalue weighted by Crippen LogP contribution is -2.33. The number of benzene rings is 1. The molecule has 116 valence electrons. The second-order valence-electron chi connectivity index (χ2n) is 5.49. The van der Waals surface area contributed by atoms with Crippen LogP contribution in [0.3, 0.4) is 0 Å². The Hall–Kier alpha value is -1.59. The van der Waals surface area contributed by atoms with E-state index >= 15 is 0 Å². The van der Waals surface area contributed by atoms with Crippen molar-refractivity contribution in [3.05, 3.63) is 29.8 Å². The van der Waals surface area contributed by atoms with Gasteiger partial charge in [0.05, 0.1) is 19.1 Å². The maximum absolute atomic E-state index is 12.0. The van der Waals surface area contributed by atoms with Gasteiger partial charge in [0, 0.05) is 13.6 Å². The molecule has 1 aliphatic heterocycles. The molecule has 1 aromatic rings. The molecule has 5 heteroatoms. The first-order valence-corrected chi connectivity index (χ1v) is 7.49. The molecule has 21 heavy (non-hydrogen) atoms. The highest BCUT2D eigenvalue weighted by molar-refractivity contribution is 5.75. The van der Waals surface area contributed by atoms with Crippen LogP contribution in [0.15, 0.2) is 24.3 Å². The van der Waals surface area contributed by atoms with Crippen molar-refractivity contribution in [3.63, 3.8) is 0 Å². The summed E-state index contributed by atoms with van der Waals surface area (Å²) in [6.07, 6.45) is 2.76. The number of nitrogens with zero attached hydrogens (tertiary/aromatic N) is 1. The monoisotopic (exact) mass is 292 g/mol. The molecular weight excluding hydrogens is 268 g/mol. The summed E-state index contributed by atoms with van der Waals surface area (Å²) in [4.78, 5) is 13.7. The van der Waals surface area contributed by atoms with Crippen LogP contribution >= 0.6 is 0 Å². The molecule has 5 nitrogen and oxygen atoms in total. The minimum atomic E-state index is 0.0806. The normalized spacial score (nSPS) is 15.9. The van der Waals surface area contributed by atoms with E-state index in [4.69, 9.17) is 4.74 Å². The Labute approximate surface area is 125 Å². The van der Waals surface area contributed by atoms with Crippen molar-refractivity contribution >= 4 is 5.91 Å². The number of hydrogen-bond donors (Lipinski definition) is 2. The third kappa shape index (κ3) is 5.36. The van der Waals surface area contributed by atoms with Crippen LogP contribution in [0, 0.1) is 0 Å². The quantitative estimate of drug-likeness (QED) is 0.834. The number of carbonyl (C=O) groups is 1. The van der Waals surface area contributed by atoms with Gasteiger partial charge in [-0.1, -0.05) is 12.1 Å². The van der Waals surface area contributed by atoms with E-state index in [1.54, 1.807) is 24.1 Å². The second-order valence-corrected chi connectivity index (χ2v) is 5.49. The van der Waals surface area contributed by atoms with Gasteiger partial charge in [0.1, 0.15) is 5.75 Å². The van der Waals surface area contributed by atoms with Crippen molar-refractivity contribution in [2.45, 2.75) is 31.9 Å². The summed E-state index contributed by atoms with van der Waals surface area (Å²) in [6, 6.07) is 6.91. The number of rotatable bonds is 6. The van der Waals surface area contributed by atoms with E-state index in [9.17, 15) is 9.90 Å². The van der Waals surface area contributed by atoms with Gasteiger partial charge < -0.3 is 20.1 Å². The maximum Gasteiger partial charge on any atom is 0.224 e. The Morgan fingerprint density at radius 1 is 1.33 bits per heavy atom. The highest BCUT2D eigenvalue weighted by Gasteiger charge is 2.15. The summed E-state index contributed by atoms with van der Waals surface area (Å²) in [5.74, 6) is 0.320. The SMILES string of the molecule is CN(Cc1ccc(O)cc1)C(=O)CCOC1CCNCC1. The predicted molar refractivity (Wildman–Crippen MR) is 81.0 cm³/mol. The highest BCUT2D eigenvalue weighted by Crippen LogP contribution is 2.12. The first-order chi connectivity index (χ1) is 10.1. The molecule has 0 aromatic heterocycles. The molecule has 1 amide bonds. The molecular formula is C16H24N2O3. The van der Waals surface area contributed by atoms with Gasteiger partial charge in [-0.25, -0.2) is 0 Å². The second kappa shape index (κ2) is 8.00.